The van der Waals surface area contributed by atoms with Crippen LogP contribution in [0.5, 0.6) is 0 Å². The van der Waals surface area contributed by atoms with E-state index in [2.05, 4.69) is 10.3 Å². The van der Waals surface area contributed by atoms with Crippen LogP contribution in [0, 0.1) is 0 Å². The van der Waals surface area contributed by atoms with Gasteiger partial charge in [-0.05, 0) is 36.4 Å². The fourth-order valence-corrected chi connectivity index (χ4v) is 4.57. The Morgan fingerprint density at radius 1 is 1.13 bits per heavy atom. The average Bonchev–Trinajstić information content (AvgIpc) is 2.91. The number of aromatic nitrogens is 1. The van der Waals surface area contributed by atoms with Crippen LogP contribution >= 0.6 is 57.9 Å². The van der Waals surface area contributed by atoms with Gasteiger partial charge in [0.25, 0.3) is 0 Å². The molecule has 0 aliphatic carbocycles. The summed E-state index contributed by atoms with van der Waals surface area (Å²) in [7, 11) is 0. The van der Waals surface area contributed by atoms with Gasteiger partial charge in [0.1, 0.15) is 5.52 Å². The number of rotatable bonds is 4. The smallest absolute Gasteiger partial charge is 0.234 e. The van der Waals surface area contributed by atoms with E-state index in [9.17, 15) is 4.79 Å². The molecule has 2 aromatic carbocycles. The summed E-state index contributed by atoms with van der Waals surface area (Å²) in [6.07, 6.45) is 0. The van der Waals surface area contributed by atoms with Crippen LogP contribution in [0.2, 0.25) is 15.1 Å². The van der Waals surface area contributed by atoms with Gasteiger partial charge in [-0.1, -0.05) is 46.6 Å². The van der Waals surface area contributed by atoms with Crippen LogP contribution in [-0.4, -0.2) is 16.6 Å². The Labute approximate surface area is 156 Å². The zero-order valence-corrected chi connectivity index (χ0v) is 15.4. The number of halogens is 3. The molecule has 118 valence electrons. The van der Waals surface area contributed by atoms with Crippen LogP contribution < -0.4 is 5.32 Å². The molecule has 1 heterocycles. The van der Waals surface area contributed by atoms with E-state index in [4.69, 9.17) is 34.8 Å². The molecule has 0 aliphatic rings. The number of hydrogen-bond acceptors (Lipinski definition) is 4. The minimum atomic E-state index is -0.110. The molecule has 0 aliphatic heterocycles. The molecule has 3 rings (SSSR count). The second-order valence-electron chi connectivity index (χ2n) is 4.56. The number of fused-ring (bicyclic) bond motifs is 1. The molecular formula is C15H9Cl3N2OS2. The lowest BCUT2D eigenvalue weighted by Gasteiger charge is -2.03. The SMILES string of the molecule is O=C(CSc1nc2c(Cl)cc(Cl)cc2s1)Nc1ccc(Cl)cc1. The van der Waals surface area contributed by atoms with Crippen LogP contribution in [-0.2, 0) is 4.79 Å². The Morgan fingerprint density at radius 2 is 1.87 bits per heavy atom. The van der Waals surface area contributed by atoms with Gasteiger partial charge < -0.3 is 5.32 Å². The van der Waals surface area contributed by atoms with Crippen molar-refractivity contribution in [2.24, 2.45) is 0 Å². The van der Waals surface area contributed by atoms with Crippen molar-refractivity contribution < 1.29 is 4.79 Å². The number of anilines is 1. The summed E-state index contributed by atoms with van der Waals surface area (Å²) >= 11 is 20.7. The molecule has 1 aromatic heterocycles. The van der Waals surface area contributed by atoms with Gasteiger partial charge in [0, 0.05) is 15.7 Å². The summed E-state index contributed by atoms with van der Waals surface area (Å²) in [5.41, 5.74) is 1.42. The quantitative estimate of drug-likeness (QED) is 0.544. The minimum absolute atomic E-state index is 0.110. The van der Waals surface area contributed by atoms with E-state index in [0.717, 1.165) is 9.04 Å². The molecule has 8 heteroatoms. The zero-order valence-electron chi connectivity index (χ0n) is 11.5. The summed E-state index contributed by atoms with van der Waals surface area (Å²) in [6.45, 7) is 0. The molecule has 0 saturated heterocycles. The minimum Gasteiger partial charge on any atom is -0.325 e. The molecule has 23 heavy (non-hydrogen) atoms. The maximum Gasteiger partial charge on any atom is 0.234 e. The van der Waals surface area contributed by atoms with Crippen molar-refractivity contribution in [3.8, 4) is 0 Å². The standard InChI is InChI=1S/C15H9Cl3N2OS2/c16-8-1-3-10(4-2-8)19-13(21)7-22-15-20-14-11(18)5-9(17)6-12(14)23-15/h1-6H,7H2,(H,19,21). The van der Waals surface area contributed by atoms with Gasteiger partial charge in [-0.15, -0.1) is 11.3 Å². The molecule has 0 bridgehead atoms. The zero-order chi connectivity index (χ0) is 16.4. The summed E-state index contributed by atoms with van der Waals surface area (Å²) in [6, 6.07) is 10.4. The molecule has 1 N–H and O–H groups in total. The number of carbonyl (C=O) groups excluding carboxylic acids is 1. The molecule has 3 aromatic rings. The second-order valence-corrected chi connectivity index (χ2v) is 8.09. The van der Waals surface area contributed by atoms with E-state index < -0.39 is 0 Å². The summed E-state index contributed by atoms with van der Waals surface area (Å²) < 4.78 is 1.68. The van der Waals surface area contributed by atoms with Crippen molar-refractivity contribution in [1.29, 1.82) is 0 Å². The molecule has 1 amide bonds. The van der Waals surface area contributed by atoms with Gasteiger partial charge in [-0.25, -0.2) is 4.98 Å². The Morgan fingerprint density at radius 3 is 2.61 bits per heavy atom. The van der Waals surface area contributed by atoms with E-state index in [1.165, 1.54) is 23.1 Å². The molecule has 0 fully saturated rings. The predicted molar refractivity (Wildman–Crippen MR) is 100 cm³/mol. The van der Waals surface area contributed by atoms with Crippen LogP contribution in [0.3, 0.4) is 0 Å². The number of carbonyl (C=O) groups is 1. The number of thioether (sulfide) groups is 1. The summed E-state index contributed by atoms with van der Waals surface area (Å²) in [5.74, 6) is 0.147. The first-order chi connectivity index (χ1) is 11.0. The molecular weight excluding hydrogens is 395 g/mol. The monoisotopic (exact) mass is 402 g/mol. The van der Waals surface area contributed by atoms with E-state index in [1.54, 1.807) is 30.3 Å². The number of hydrogen-bond donors (Lipinski definition) is 1. The van der Waals surface area contributed by atoms with Crippen molar-refractivity contribution in [1.82, 2.24) is 4.98 Å². The van der Waals surface area contributed by atoms with E-state index in [1.807, 2.05) is 6.07 Å². The highest BCUT2D eigenvalue weighted by Crippen LogP contribution is 2.35. The fourth-order valence-electron chi connectivity index (χ4n) is 1.86. The number of nitrogens with one attached hydrogen (secondary N) is 1. The highest BCUT2D eigenvalue weighted by molar-refractivity contribution is 8.01. The van der Waals surface area contributed by atoms with Crippen molar-refractivity contribution in [2.45, 2.75) is 4.34 Å². The second kappa shape index (κ2) is 7.28. The van der Waals surface area contributed by atoms with Crippen molar-refractivity contribution in [3.05, 3.63) is 51.5 Å². The van der Waals surface area contributed by atoms with Crippen LogP contribution in [0.4, 0.5) is 5.69 Å². The van der Waals surface area contributed by atoms with Gasteiger partial charge in [0.2, 0.25) is 5.91 Å². The fraction of sp³-hybridized carbons (Fsp3) is 0.0667. The first-order valence-corrected chi connectivity index (χ1v) is 9.38. The van der Waals surface area contributed by atoms with Crippen molar-refractivity contribution in [2.75, 3.05) is 11.1 Å². The topological polar surface area (TPSA) is 42.0 Å². The number of nitrogens with zero attached hydrogens (tertiary/aromatic N) is 1. The Hall–Kier alpha value is -0.980. The maximum atomic E-state index is 12.0. The normalized spacial score (nSPS) is 10.9. The van der Waals surface area contributed by atoms with Gasteiger partial charge in [-0.2, -0.15) is 0 Å². The molecule has 0 atom stereocenters. The lowest BCUT2D eigenvalue weighted by molar-refractivity contribution is -0.113. The molecule has 0 unspecified atom stereocenters. The van der Waals surface area contributed by atoms with Gasteiger partial charge in [0.15, 0.2) is 4.34 Å². The number of amides is 1. The van der Waals surface area contributed by atoms with E-state index >= 15 is 0 Å². The average molecular weight is 404 g/mol. The van der Waals surface area contributed by atoms with Gasteiger partial charge in [-0.3, -0.25) is 4.79 Å². The summed E-state index contributed by atoms with van der Waals surface area (Å²) in [5, 5.41) is 4.52. The lowest BCUT2D eigenvalue weighted by atomic mass is 10.3. The molecule has 0 saturated carbocycles. The lowest BCUT2D eigenvalue weighted by Crippen LogP contribution is -2.13. The maximum absolute atomic E-state index is 12.0. The Kier molecular flexibility index (Phi) is 5.34. The van der Waals surface area contributed by atoms with Crippen LogP contribution in [0.15, 0.2) is 40.7 Å². The molecule has 0 radical (unpaired) electrons. The Bertz CT molecular complexity index is 865. The molecule has 3 nitrogen and oxygen atoms in total. The predicted octanol–water partition coefficient (Wildman–Crippen LogP) is 5.99. The third-order valence-corrected chi connectivity index (χ3v) is 5.75. The summed E-state index contributed by atoms with van der Waals surface area (Å²) in [4.78, 5) is 16.4. The first-order valence-electron chi connectivity index (χ1n) is 6.45. The third-order valence-electron chi connectivity index (χ3n) is 2.85. The third kappa shape index (κ3) is 4.31. The Balaban J connectivity index is 1.64. The number of thiazole rings is 1. The van der Waals surface area contributed by atoms with Crippen molar-refractivity contribution in [3.63, 3.8) is 0 Å². The highest BCUT2D eigenvalue weighted by Gasteiger charge is 2.11. The van der Waals surface area contributed by atoms with Crippen LogP contribution in [0.25, 0.3) is 10.2 Å². The van der Waals surface area contributed by atoms with Gasteiger partial charge in [0.05, 0.1) is 15.5 Å². The largest absolute Gasteiger partial charge is 0.325 e. The van der Waals surface area contributed by atoms with Gasteiger partial charge >= 0.3 is 0 Å². The van der Waals surface area contributed by atoms with E-state index in [-0.39, 0.29) is 11.7 Å². The van der Waals surface area contributed by atoms with Crippen LogP contribution in [0.1, 0.15) is 0 Å². The first kappa shape index (κ1) is 16.9. The van der Waals surface area contributed by atoms with E-state index in [0.29, 0.717) is 26.3 Å². The molecule has 0 spiro atoms. The number of benzene rings is 2. The van der Waals surface area contributed by atoms with Crippen molar-refractivity contribution >= 4 is 79.7 Å². The highest BCUT2D eigenvalue weighted by atomic mass is 35.5.